The second-order valence-electron chi connectivity index (χ2n) is 5.65. The number of carbonyl (C=O) groups is 1. The molecule has 19 heavy (non-hydrogen) atoms. The van der Waals surface area contributed by atoms with Crippen LogP contribution in [0.5, 0.6) is 0 Å². The molecule has 0 spiro atoms. The Hall–Kier alpha value is -1.23. The molecule has 1 saturated heterocycles. The highest BCUT2D eigenvalue weighted by Crippen LogP contribution is 2.24. The molecular formula is C14H20N2O3. The lowest BCUT2D eigenvalue weighted by Crippen LogP contribution is -2.21. The molecule has 3 rings (SSSR count). The van der Waals surface area contributed by atoms with Crippen molar-refractivity contribution in [2.24, 2.45) is 11.8 Å². The number of ketones is 1. The van der Waals surface area contributed by atoms with E-state index in [1.165, 1.54) is 0 Å². The zero-order chi connectivity index (χ0) is 13.1. The minimum atomic E-state index is 0.0943. The van der Waals surface area contributed by atoms with E-state index in [4.69, 9.17) is 9.26 Å². The predicted molar refractivity (Wildman–Crippen MR) is 67.6 cm³/mol. The van der Waals surface area contributed by atoms with Crippen molar-refractivity contribution >= 4 is 5.78 Å². The summed E-state index contributed by atoms with van der Waals surface area (Å²) in [5, 5.41) is 4.02. The molecule has 0 radical (unpaired) electrons. The maximum Gasteiger partial charge on any atom is 0.227 e. The third-order valence-electron chi connectivity index (χ3n) is 4.11. The summed E-state index contributed by atoms with van der Waals surface area (Å²) >= 11 is 0. The summed E-state index contributed by atoms with van der Waals surface area (Å²) in [6.45, 7) is 1.64. The zero-order valence-electron chi connectivity index (χ0n) is 11.1. The van der Waals surface area contributed by atoms with Gasteiger partial charge >= 0.3 is 0 Å². The Kier molecular flexibility index (Phi) is 3.92. The van der Waals surface area contributed by atoms with Gasteiger partial charge < -0.3 is 9.26 Å². The van der Waals surface area contributed by atoms with Gasteiger partial charge in [-0.25, -0.2) is 0 Å². The van der Waals surface area contributed by atoms with E-state index >= 15 is 0 Å². The molecule has 2 heterocycles. The Morgan fingerprint density at radius 2 is 2.16 bits per heavy atom. The molecule has 1 aromatic heterocycles. The van der Waals surface area contributed by atoms with Gasteiger partial charge in [0.2, 0.25) is 5.89 Å². The van der Waals surface area contributed by atoms with Crippen LogP contribution in [0.25, 0.3) is 0 Å². The van der Waals surface area contributed by atoms with Gasteiger partial charge in [-0.3, -0.25) is 4.79 Å². The fourth-order valence-corrected chi connectivity index (χ4v) is 2.94. The van der Waals surface area contributed by atoms with Gasteiger partial charge in [-0.05, 0) is 25.2 Å². The lowest BCUT2D eigenvalue weighted by atomic mass is 9.86. The molecule has 1 aliphatic heterocycles. The molecule has 5 heteroatoms. The van der Waals surface area contributed by atoms with E-state index < -0.39 is 0 Å². The quantitative estimate of drug-likeness (QED) is 0.831. The maximum atomic E-state index is 11.8. The van der Waals surface area contributed by atoms with Crippen molar-refractivity contribution in [2.75, 3.05) is 13.2 Å². The van der Waals surface area contributed by atoms with Crippen LogP contribution in [0.4, 0.5) is 0 Å². The number of Topliss-reactive ketones (excluding diaryl/α,β-unsaturated/α-hetero) is 1. The number of rotatable bonds is 4. The van der Waals surface area contributed by atoms with Gasteiger partial charge in [-0.15, -0.1) is 0 Å². The van der Waals surface area contributed by atoms with Crippen LogP contribution in [-0.2, 0) is 22.4 Å². The summed E-state index contributed by atoms with van der Waals surface area (Å²) in [5.41, 5.74) is 0. The zero-order valence-corrected chi connectivity index (χ0v) is 11.1. The normalized spacial score (nSPS) is 27.9. The van der Waals surface area contributed by atoms with Gasteiger partial charge in [0.1, 0.15) is 5.78 Å². The summed E-state index contributed by atoms with van der Waals surface area (Å²) in [5.74, 6) is 2.34. The number of hydrogen-bond donors (Lipinski definition) is 0. The minimum absolute atomic E-state index is 0.0943. The van der Waals surface area contributed by atoms with Gasteiger partial charge in [0.05, 0.1) is 0 Å². The fourth-order valence-electron chi connectivity index (χ4n) is 2.94. The molecular weight excluding hydrogens is 244 g/mol. The Morgan fingerprint density at radius 3 is 2.95 bits per heavy atom. The van der Waals surface area contributed by atoms with Crippen LogP contribution in [0.3, 0.4) is 0 Å². The monoisotopic (exact) mass is 264 g/mol. The van der Waals surface area contributed by atoms with Crippen LogP contribution >= 0.6 is 0 Å². The van der Waals surface area contributed by atoms with Crippen molar-refractivity contribution in [3.63, 3.8) is 0 Å². The van der Waals surface area contributed by atoms with Gasteiger partial charge in [-0.1, -0.05) is 11.6 Å². The minimum Gasteiger partial charge on any atom is -0.381 e. The van der Waals surface area contributed by atoms with Crippen LogP contribution in [0.1, 0.15) is 43.8 Å². The Labute approximate surface area is 112 Å². The summed E-state index contributed by atoms with van der Waals surface area (Å²) in [7, 11) is 0. The number of carbonyl (C=O) groups excluding carboxylic acids is 1. The Morgan fingerprint density at radius 1 is 1.21 bits per heavy atom. The average Bonchev–Trinajstić information content (AvgIpc) is 3.05. The number of ether oxygens (including phenoxy) is 1. The van der Waals surface area contributed by atoms with Crippen molar-refractivity contribution in [3.8, 4) is 0 Å². The van der Waals surface area contributed by atoms with E-state index in [-0.39, 0.29) is 5.92 Å². The third kappa shape index (κ3) is 3.21. The molecule has 2 fully saturated rings. The van der Waals surface area contributed by atoms with E-state index in [1.807, 2.05) is 0 Å². The fraction of sp³-hybridized carbons (Fsp3) is 0.786. The van der Waals surface area contributed by atoms with E-state index in [9.17, 15) is 4.79 Å². The first kappa shape index (κ1) is 12.8. The molecule has 5 nitrogen and oxygen atoms in total. The number of hydrogen-bond acceptors (Lipinski definition) is 5. The molecule has 1 aromatic rings. The smallest absolute Gasteiger partial charge is 0.227 e. The largest absolute Gasteiger partial charge is 0.381 e. The maximum absolute atomic E-state index is 11.8. The predicted octanol–water partition coefficient (Wildman–Crippen LogP) is 1.95. The van der Waals surface area contributed by atoms with Gasteiger partial charge in [0, 0.05) is 38.4 Å². The van der Waals surface area contributed by atoms with Gasteiger partial charge in [0.15, 0.2) is 5.82 Å². The molecule has 0 aromatic carbocycles. The number of nitrogens with zero attached hydrogens (tertiary/aromatic N) is 2. The van der Waals surface area contributed by atoms with Crippen molar-refractivity contribution < 1.29 is 14.1 Å². The number of aromatic nitrogens is 2. The van der Waals surface area contributed by atoms with E-state index in [0.29, 0.717) is 30.4 Å². The lowest BCUT2D eigenvalue weighted by molar-refractivity contribution is -0.124. The third-order valence-corrected chi connectivity index (χ3v) is 4.11. The molecule has 104 valence electrons. The summed E-state index contributed by atoms with van der Waals surface area (Å²) in [4.78, 5) is 16.2. The first-order valence-corrected chi connectivity index (χ1v) is 7.23. The van der Waals surface area contributed by atoms with Crippen molar-refractivity contribution in [1.82, 2.24) is 10.1 Å². The molecule has 2 atom stereocenters. The van der Waals surface area contributed by atoms with Crippen LogP contribution < -0.4 is 0 Å². The topological polar surface area (TPSA) is 65.2 Å². The van der Waals surface area contributed by atoms with Crippen molar-refractivity contribution in [3.05, 3.63) is 11.7 Å². The van der Waals surface area contributed by atoms with Gasteiger partial charge in [0.25, 0.3) is 0 Å². The average molecular weight is 264 g/mol. The summed E-state index contributed by atoms with van der Waals surface area (Å²) in [6.07, 6.45) is 6.36. The molecule has 0 amide bonds. The highest BCUT2D eigenvalue weighted by Gasteiger charge is 2.25. The molecule has 0 bridgehead atoms. The Bertz CT molecular complexity index is 438. The molecule has 0 N–H and O–H groups in total. The van der Waals surface area contributed by atoms with Crippen LogP contribution in [-0.4, -0.2) is 29.1 Å². The van der Waals surface area contributed by atoms with Gasteiger partial charge in [-0.2, -0.15) is 4.98 Å². The van der Waals surface area contributed by atoms with Crippen molar-refractivity contribution in [2.45, 2.75) is 44.9 Å². The molecule has 1 saturated carbocycles. The lowest BCUT2D eigenvalue weighted by Gasteiger charge is -2.18. The highest BCUT2D eigenvalue weighted by molar-refractivity contribution is 5.81. The second-order valence-corrected chi connectivity index (χ2v) is 5.65. The standard InChI is InChI=1S/C14H20N2O3/c17-12-4-2-1-3-11(12)8-14-15-13(16-19-14)7-10-5-6-18-9-10/h10-11H,1-9H2. The van der Waals surface area contributed by atoms with Crippen LogP contribution in [0.2, 0.25) is 0 Å². The van der Waals surface area contributed by atoms with E-state index in [1.54, 1.807) is 0 Å². The summed E-state index contributed by atoms with van der Waals surface area (Å²) < 4.78 is 10.6. The van der Waals surface area contributed by atoms with Crippen LogP contribution in [0, 0.1) is 11.8 Å². The first-order chi connectivity index (χ1) is 9.31. The first-order valence-electron chi connectivity index (χ1n) is 7.23. The Balaban J connectivity index is 1.56. The SMILES string of the molecule is O=C1CCCCC1Cc1nc(CC2CCOC2)no1. The highest BCUT2D eigenvalue weighted by atomic mass is 16.5. The van der Waals surface area contributed by atoms with Crippen molar-refractivity contribution in [1.29, 1.82) is 0 Å². The second kappa shape index (κ2) is 5.82. The molecule has 2 aliphatic rings. The molecule has 2 unspecified atom stereocenters. The van der Waals surface area contributed by atoms with Crippen LogP contribution in [0.15, 0.2) is 4.52 Å². The van der Waals surface area contributed by atoms with E-state index in [2.05, 4.69) is 10.1 Å². The molecule has 1 aliphatic carbocycles. The van der Waals surface area contributed by atoms with E-state index in [0.717, 1.165) is 51.1 Å². The summed E-state index contributed by atoms with van der Waals surface area (Å²) in [6, 6.07) is 0.